The van der Waals surface area contributed by atoms with Crippen LogP contribution < -0.4 is 10.6 Å². The predicted octanol–water partition coefficient (Wildman–Crippen LogP) is 6.28. The van der Waals surface area contributed by atoms with E-state index in [4.69, 9.17) is 4.74 Å². The molecule has 1 fully saturated rings. The van der Waals surface area contributed by atoms with Crippen LogP contribution in [-0.4, -0.2) is 24.1 Å². The van der Waals surface area contributed by atoms with Crippen LogP contribution in [-0.2, 0) is 14.9 Å². The number of carbonyl (C=O) groups excluding carboxylic acids is 2. The number of carbonyl (C=O) groups is 2. The number of thiazole rings is 1. The van der Waals surface area contributed by atoms with Crippen molar-refractivity contribution in [1.29, 1.82) is 0 Å². The van der Waals surface area contributed by atoms with Gasteiger partial charge >= 0.3 is 12.0 Å². The average molecular weight is 468 g/mol. The molecule has 0 bridgehead atoms. The lowest BCUT2D eigenvalue weighted by atomic mass is 9.74. The van der Waals surface area contributed by atoms with Gasteiger partial charge in [-0.3, -0.25) is 4.79 Å². The molecule has 2 N–H and O–H groups in total. The number of amides is 2. The number of anilines is 2. The molecule has 0 spiro atoms. The molecule has 2 aromatic carbocycles. The van der Waals surface area contributed by atoms with Gasteiger partial charge in [0.2, 0.25) is 0 Å². The first kappa shape index (κ1) is 22.9. The summed E-state index contributed by atoms with van der Waals surface area (Å²) in [6.45, 7) is 1.83. The first-order valence-corrected chi connectivity index (χ1v) is 11.7. The van der Waals surface area contributed by atoms with Gasteiger partial charge < -0.3 is 15.4 Å². The lowest BCUT2D eigenvalue weighted by Crippen LogP contribution is -2.38. The fourth-order valence-corrected chi connectivity index (χ4v) is 5.38. The highest BCUT2D eigenvalue weighted by Gasteiger charge is 2.44. The minimum absolute atomic E-state index is 0.128. The molecule has 0 unspecified atom stereocenters. The van der Waals surface area contributed by atoms with Gasteiger partial charge in [0.15, 0.2) is 0 Å². The van der Waals surface area contributed by atoms with Gasteiger partial charge in [-0.25, -0.2) is 14.2 Å². The minimum atomic E-state index is -0.652. The number of aromatic nitrogens is 1. The van der Waals surface area contributed by atoms with Crippen LogP contribution >= 0.6 is 11.3 Å². The van der Waals surface area contributed by atoms with Gasteiger partial charge in [0.05, 0.1) is 17.7 Å². The smallest absolute Gasteiger partial charge is 0.323 e. The van der Waals surface area contributed by atoms with Crippen LogP contribution in [0.1, 0.15) is 42.7 Å². The van der Waals surface area contributed by atoms with E-state index < -0.39 is 17.3 Å². The van der Waals surface area contributed by atoms with E-state index in [0.717, 1.165) is 53.1 Å². The molecule has 1 aliphatic rings. The fourth-order valence-electron chi connectivity index (χ4n) is 4.22. The molecular weight excluding hydrogens is 441 g/mol. The molecule has 0 aliphatic heterocycles. The number of aryl methyl sites for hydroxylation is 1. The number of rotatable bonds is 5. The second kappa shape index (κ2) is 9.70. The van der Waals surface area contributed by atoms with Crippen molar-refractivity contribution in [2.45, 2.75) is 44.4 Å². The lowest BCUT2D eigenvalue weighted by molar-refractivity contribution is -0.149. The zero-order valence-electron chi connectivity index (χ0n) is 18.6. The first-order valence-electron chi connectivity index (χ1n) is 10.9. The summed E-state index contributed by atoms with van der Waals surface area (Å²) in [6, 6.07) is 11.3. The summed E-state index contributed by atoms with van der Waals surface area (Å²) in [4.78, 5) is 30.4. The van der Waals surface area contributed by atoms with Gasteiger partial charge in [0.25, 0.3) is 0 Å². The Morgan fingerprint density at radius 3 is 2.48 bits per heavy atom. The number of halogens is 1. The summed E-state index contributed by atoms with van der Waals surface area (Å²) in [5.74, 6) is -0.700. The van der Waals surface area contributed by atoms with Crippen LogP contribution in [0.3, 0.4) is 0 Å². The number of hydrogen-bond acceptors (Lipinski definition) is 5. The molecule has 8 heteroatoms. The molecule has 2 amide bonds. The van der Waals surface area contributed by atoms with Crippen molar-refractivity contribution in [2.24, 2.45) is 0 Å². The molecule has 0 atom stereocenters. The van der Waals surface area contributed by atoms with E-state index in [9.17, 15) is 14.0 Å². The minimum Gasteiger partial charge on any atom is -0.468 e. The van der Waals surface area contributed by atoms with Gasteiger partial charge in [-0.15, -0.1) is 11.3 Å². The van der Waals surface area contributed by atoms with Gasteiger partial charge in [-0.2, -0.15) is 0 Å². The van der Waals surface area contributed by atoms with Crippen molar-refractivity contribution < 1.29 is 18.7 Å². The Morgan fingerprint density at radius 1 is 1.06 bits per heavy atom. The van der Waals surface area contributed by atoms with Crippen molar-refractivity contribution in [3.05, 3.63) is 65.0 Å². The second-order valence-electron chi connectivity index (χ2n) is 8.30. The van der Waals surface area contributed by atoms with E-state index in [1.54, 1.807) is 30.5 Å². The monoisotopic (exact) mass is 467 g/mol. The van der Waals surface area contributed by atoms with Gasteiger partial charge in [-0.1, -0.05) is 37.5 Å². The summed E-state index contributed by atoms with van der Waals surface area (Å²) in [7, 11) is 1.43. The van der Waals surface area contributed by atoms with Crippen molar-refractivity contribution in [3.63, 3.8) is 0 Å². The SMILES string of the molecule is COC(=O)C1(c2ncc(-c3ccc(NC(=O)Nc4cc(C)ccc4F)cc3)s2)CCCCC1. The summed E-state index contributed by atoms with van der Waals surface area (Å²) in [5.41, 5.74) is 1.84. The second-order valence-corrected chi connectivity index (χ2v) is 9.33. The number of hydrogen-bond donors (Lipinski definition) is 2. The summed E-state index contributed by atoms with van der Waals surface area (Å²) in [6.07, 6.45) is 6.39. The van der Waals surface area contributed by atoms with E-state index >= 15 is 0 Å². The Bertz CT molecular complexity index is 1150. The molecule has 1 heterocycles. The van der Waals surface area contributed by atoms with E-state index in [1.165, 1.54) is 24.5 Å². The fraction of sp³-hybridized carbons (Fsp3) is 0.320. The molecule has 0 radical (unpaired) electrons. The molecular formula is C25H26FN3O3S. The number of nitrogens with zero attached hydrogens (tertiary/aromatic N) is 1. The highest BCUT2D eigenvalue weighted by molar-refractivity contribution is 7.15. The quantitative estimate of drug-likeness (QED) is 0.433. The summed E-state index contributed by atoms with van der Waals surface area (Å²) >= 11 is 1.51. The zero-order valence-corrected chi connectivity index (χ0v) is 19.4. The molecule has 4 rings (SSSR count). The molecule has 1 aliphatic carbocycles. The lowest BCUT2D eigenvalue weighted by Gasteiger charge is -2.32. The highest BCUT2D eigenvalue weighted by Crippen LogP contribution is 2.43. The number of nitrogens with one attached hydrogen (secondary N) is 2. The van der Waals surface area contributed by atoms with Gasteiger partial charge in [0, 0.05) is 11.9 Å². The number of esters is 1. The maximum absolute atomic E-state index is 13.9. The van der Waals surface area contributed by atoms with Crippen LogP contribution in [0, 0.1) is 12.7 Å². The standard InChI is InChI=1S/C25H26FN3O3S/c1-16-6-11-19(26)20(14-16)29-24(31)28-18-9-7-17(8-10-18)21-15-27-22(33-21)25(23(30)32-2)12-4-3-5-13-25/h6-11,14-15H,3-5,12-13H2,1-2H3,(H2,28,29,31). The zero-order chi connectivity index (χ0) is 23.4. The third kappa shape index (κ3) is 4.90. The maximum Gasteiger partial charge on any atom is 0.323 e. The van der Waals surface area contributed by atoms with E-state index in [2.05, 4.69) is 15.6 Å². The van der Waals surface area contributed by atoms with Gasteiger partial charge in [0.1, 0.15) is 16.2 Å². The van der Waals surface area contributed by atoms with Crippen molar-refractivity contribution in [3.8, 4) is 10.4 Å². The van der Waals surface area contributed by atoms with Crippen molar-refractivity contribution in [1.82, 2.24) is 4.98 Å². The molecule has 3 aromatic rings. The van der Waals surface area contributed by atoms with Crippen LogP contribution in [0.15, 0.2) is 48.7 Å². The van der Waals surface area contributed by atoms with Gasteiger partial charge in [-0.05, 0) is 55.2 Å². The van der Waals surface area contributed by atoms with Crippen LogP contribution in [0.25, 0.3) is 10.4 Å². The predicted molar refractivity (Wildman–Crippen MR) is 128 cm³/mol. The molecule has 1 aromatic heterocycles. The molecule has 0 saturated heterocycles. The van der Waals surface area contributed by atoms with Crippen LogP contribution in [0.5, 0.6) is 0 Å². The Hall–Kier alpha value is -3.26. The Morgan fingerprint density at radius 2 is 1.79 bits per heavy atom. The normalized spacial score (nSPS) is 15.0. The van der Waals surface area contributed by atoms with E-state index in [0.29, 0.717) is 5.69 Å². The van der Waals surface area contributed by atoms with E-state index in [-0.39, 0.29) is 11.7 Å². The Balaban J connectivity index is 1.46. The summed E-state index contributed by atoms with van der Waals surface area (Å²) < 4.78 is 19.0. The largest absolute Gasteiger partial charge is 0.468 e. The van der Waals surface area contributed by atoms with Crippen molar-refractivity contribution in [2.75, 3.05) is 17.7 Å². The third-order valence-corrected chi connectivity index (χ3v) is 7.25. The van der Waals surface area contributed by atoms with Crippen molar-refractivity contribution >= 4 is 34.7 Å². The Kier molecular flexibility index (Phi) is 6.74. The molecule has 33 heavy (non-hydrogen) atoms. The summed E-state index contributed by atoms with van der Waals surface area (Å²) in [5, 5.41) is 6.04. The van der Waals surface area contributed by atoms with Crippen LogP contribution in [0.2, 0.25) is 0 Å². The average Bonchev–Trinajstić information content (AvgIpc) is 3.33. The molecule has 6 nitrogen and oxygen atoms in total. The Labute approximate surface area is 196 Å². The molecule has 1 saturated carbocycles. The third-order valence-electron chi connectivity index (χ3n) is 6.00. The molecule has 172 valence electrons. The highest BCUT2D eigenvalue weighted by atomic mass is 32.1. The number of benzene rings is 2. The topological polar surface area (TPSA) is 80.3 Å². The number of methoxy groups -OCH3 is 1. The maximum atomic E-state index is 13.9. The first-order chi connectivity index (χ1) is 15.9. The van der Waals surface area contributed by atoms with E-state index in [1.807, 2.05) is 19.1 Å². The number of ether oxygens (including phenoxy) is 1. The number of urea groups is 1. The van der Waals surface area contributed by atoms with Crippen LogP contribution in [0.4, 0.5) is 20.6 Å².